The lowest BCUT2D eigenvalue weighted by Gasteiger charge is -2.16. The Morgan fingerprint density at radius 2 is 2.15 bits per heavy atom. The highest BCUT2D eigenvalue weighted by molar-refractivity contribution is 7.14. The first-order chi connectivity index (χ1) is 9.54. The van der Waals surface area contributed by atoms with Crippen LogP contribution >= 0.6 is 22.7 Å². The largest absolute Gasteiger partial charge is 0.480 e. The number of carbonyl (C=O) groups is 2. The number of hydrogen-bond donors (Lipinski definition) is 2. The Hall–Kier alpha value is -1.77. The Kier molecular flexibility index (Phi) is 4.83. The molecule has 0 radical (unpaired) electrons. The van der Waals surface area contributed by atoms with Gasteiger partial charge < -0.3 is 10.8 Å². The Bertz CT molecular complexity index is 579. The van der Waals surface area contributed by atoms with E-state index in [1.54, 1.807) is 11.3 Å². The lowest BCUT2D eigenvalue weighted by molar-refractivity contribution is -0.138. The second kappa shape index (κ2) is 6.60. The van der Waals surface area contributed by atoms with Gasteiger partial charge in [-0.2, -0.15) is 11.3 Å². The topological polar surface area (TPSA) is 96.5 Å². The number of carbonyl (C=O) groups excluding carboxylic acids is 1. The minimum atomic E-state index is -1.00. The molecule has 2 heterocycles. The number of aliphatic carboxylic acids is 1. The van der Waals surface area contributed by atoms with Gasteiger partial charge in [0.25, 0.3) is 0 Å². The van der Waals surface area contributed by atoms with E-state index >= 15 is 0 Å². The van der Waals surface area contributed by atoms with Crippen molar-refractivity contribution >= 4 is 34.6 Å². The van der Waals surface area contributed by atoms with Crippen molar-refractivity contribution in [2.45, 2.75) is 6.54 Å². The van der Waals surface area contributed by atoms with Crippen LogP contribution in [0.3, 0.4) is 0 Å². The van der Waals surface area contributed by atoms with Crippen molar-refractivity contribution in [3.63, 3.8) is 0 Å². The molecule has 0 saturated heterocycles. The molecule has 0 aliphatic heterocycles. The van der Waals surface area contributed by atoms with E-state index in [0.717, 1.165) is 16.3 Å². The van der Waals surface area contributed by atoms with Gasteiger partial charge in [-0.15, -0.1) is 11.3 Å². The van der Waals surface area contributed by atoms with E-state index in [1.807, 2.05) is 22.2 Å². The van der Waals surface area contributed by atoms with Crippen LogP contribution in [0, 0.1) is 0 Å². The van der Waals surface area contributed by atoms with Gasteiger partial charge in [0.2, 0.25) is 5.91 Å². The summed E-state index contributed by atoms with van der Waals surface area (Å²) in [6.07, 6.45) is 0. The molecular weight excluding hydrogens is 298 g/mol. The molecule has 3 N–H and O–H groups in total. The molecule has 0 unspecified atom stereocenters. The molecule has 0 fully saturated rings. The van der Waals surface area contributed by atoms with E-state index in [1.165, 1.54) is 16.2 Å². The molecule has 6 nitrogen and oxygen atoms in total. The summed E-state index contributed by atoms with van der Waals surface area (Å²) in [6, 6.07) is 1.98. The zero-order valence-corrected chi connectivity index (χ0v) is 12.1. The van der Waals surface area contributed by atoms with Gasteiger partial charge >= 0.3 is 5.97 Å². The molecule has 0 spiro atoms. The monoisotopic (exact) mass is 311 g/mol. The Morgan fingerprint density at radius 1 is 1.35 bits per heavy atom. The minimum Gasteiger partial charge on any atom is -0.480 e. The first kappa shape index (κ1) is 14.6. The van der Waals surface area contributed by atoms with Gasteiger partial charge in [-0.1, -0.05) is 0 Å². The van der Waals surface area contributed by atoms with E-state index in [2.05, 4.69) is 4.98 Å². The zero-order valence-electron chi connectivity index (χ0n) is 10.5. The molecule has 0 saturated carbocycles. The molecular formula is C12H13N3O3S2. The van der Waals surface area contributed by atoms with Gasteiger partial charge in [0.1, 0.15) is 5.01 Å². The first-order valence-electron chi connectivity index (χ1n) is 5.74. The molecule has 0 aliphatic rings. The molecule has 2 rings (SSSR count). The maximum absolute atomic E-state index is 10.9. The predicted octanol–water partition coefficient (Wildman–Crippen LogP) is 1.24. The summed E-state index contributed by atoms with van der Waals surface area (Å²) in [5, 5.41) is 15.5. The first-order valence-corrected chi connectivity index (χ1v) is 7.56. The fourth-order valence-corrected chi connectivity index (χ4v) is 3.23. The lowest BCUT2D eigenvalue weighted by atomic mass is 10.3. The Labute approximate surface area is 123 Å². The Balaban J connectivity index is 2.06. The summed E-state index contributed by atoms with van der Waals surface area (Å²) in [6.45, 7) is -0.0538. The van der Waals surface area contributed by atoms with Crippen molar-refractivity contribution in [3.05, 3.63) is 27.9 Å². The van der Waals surface area contributed by atoms with Gasteiger partial charge in [0.15, 0.2) is 0 Å². The highest BCUT2D eigenvalue weighted by Crippen LogP contribution is 2.26. The number of primary amides is 1. The number of nitrogens with zero attached hydrogens (tertiary/aromatic N) is 2. The zero-order chi connectivity index (χ0) is 14.5. The number of carboxylic acids is 1. The van der Waals surface area contributed by atoms with Crippen LogP contribution in [0.5, 0.6) is 0 Å². The average molecular weight is 311 g/mol. The summed E-state index contributed by atoms with van der Waals surface area (Å²) in [4.78, 5) is 27.6. The molecule has 106 valence electrons. The van der Waals surface area contributed by atoms with Crippen LogP contribution in [-0.2, 0) is 16.1 Å². The van der Waals surface area contributed by atoms with Crippen molar-refractivity contribution in [1.82, 2.24) is 9.88 Å². The summed E-state index contributed by atoms with van der Waals surface area (Å²) in [5.74, 6) is -1.56. The molecule has 8 heteroatoms. The maximum atomic E-state index is 10.9. The van der Waals surface area contributed by atoms with Crippen LogP contribution in [0.15, 0.2) is 22.2 Å². The van der Waals surface area contributed by atoms with Gasteiger partial charge in [0, 0.05) is 22.9 Å². The molecule has 20 heavy (non-hydrogen) atoms. The number of thiophene rings is 1. The number of thiazole rings is 1. The summed E-state index contributed by atoms with van der Waals surface area (Å²) in [7, 11) is 0. The van der Waals surface area contributed by atoms with Crippen LogP contribution in [0.1, 0.15) is 5.69 Å². The predicted molar refractivity (Wildman–Crippen MR) is 77.5 cm³/mol. The number of hydrogen-bond acceptors (Lipinski definition) is 6. The number of nitrogens with two attached hydrogens (primary N) is 1. The summed E-state index contributed by atoms with van der Waals surface area (Å²) < 4.78 is 0. The molecule has 0 bridgehead atoms. The van der Waals surface area contributed by atoms with E-state index < -0.39 is 11.9 Å². The van der Waals surface area contributed by atoms with E-state index in [-0.39, 0.29) is 19.6 Å². The summed E-state index contributed by atoms with van der Waals surface area (Å²) in [5.41, 5.74) is 6.90. The standard InChI is InChI=1S/C12H13N3O3S2/c13-10(16)4-15(5-11(17)18)3-9-7-20-12(14-9)8-1-2-19-6-8/h1-2,6-7H,3-5H2,(H2,13,16)(H,17,18). The third-order valence-corrected chi connectivity index (χ3v) is 4.07. The molecule has 2 aromatic heterocycles. The van der Waals surface area contributed by atoms with Gasteiger partial charge in [-0.25, -0.2) is 4.98 Å². The molecule has 2 aromatic rings. The molecule has 1 amide bonds. The van der Waals surface area contributed by atoms with E-state index in [9.17, 15) is 9.59 Å². The summed E-state index contributed by atoms with van der Waals surface area (Å²) >= 11 is 3.08. The number of aromatic nitrogens is 1. The van der Waals surface area contributed by atoms with Gasteiger partial charge in [-0.3, -0.25) is 14.5 Å². The van der Waals surface area contributed by atoms with Crippen LogP contribution in [-0.4, -0.2) is 40.0 Å². The number of rotatable bonds is 7. The smallest absolute Gasteiger partial charge is 0.317 e. The van der Waals surface area contributed by atoms with Crippen LogP contribution in [0.2, 0.25) is 0 Å². The highest BCUT2D eigenvalue weighted by Gasteiger charge is 2.15. The average Bonchev–Trinajstić information content (AvgIpc) is 2.95. The second-order valence-electron chi connectivity index (χ2n) is 4.16. The third-order valence-electron chi connectivity index (χ3n) is 2.44. The normalized spacial score (nSPS) is 10.8. The highest BCUT2D eigenvalue weighted by atomic mass is 32.1. The quantitative estimate of drug-likeness (QED) is 0.802. The Morgan fingerprint density at radius 3 is 2.75 bits per heavy atom. The van der Waals surface area contributed by atoms with Crippen molar-refractivity contribution in [2.75, 3.05) is 13.1 Å². The van der Waals surface area contributed by atoms with Gasteiger partial charge in [0.05, 0.1) is 18.8 Å². The van der Waals surface area contributed by atoms with E-state index in [0.29, 0.717) is 0 Å². The van der Waals surface area contributed by atoms with Crippen molar-refractivity contribution in [1.29, 1.82) is 0 Å². The van der Waals surface area contributed by atoms with Crippen molar-refractivity contribution in [2.24, 2.45) is 5.73 Å². The second-order valence-corrected chi connectivity index (χ2v) is 5.80. The van der Waals surface area contributed by atoms with Crippen molar-refractivity contribution < 1.29 is 14.7 Å². The number of amides is 1. The van der Waals surface area contributed by atoms with E-state index in [4.69, 9.17) is 10.8 Å². The van der Waals surface area contributed by atoms with Crippen LogP contribution in [0.25, 0.3) is 10.6 Å². The van der Waals surface area contributed by atoms with Crippen LogP contribution < -0.4 is 5.73 Å². The van der Waals surface area contributed by atoms with Crippen molar-refractivity contribution in [3.8, 4) is 10.6 Å². The minimum absolute atomic E-state index is 0.0996. The molecule has 0 aromatic carbocycles. The van der Waals surface area contributed by atoms with Crippen LogP contribution in [0.4, 0.5) is 0 Å². The maximum Gasteiger partial charge on any atom is 0.317 e. The number of carboxylic acid groups (broad SMARTS) is 1. The lowest BCUT2D eigenvalue weighted by Crippen LogP contribution is -2.36. The fourth-order valence-electron chi connectivity index (χ4n) is 1.71. The van der Waals surface area contributed by atoms with Gasteiger partial charge in [-0.05, 0) is 11.4 Å². The molecule has 0 aliphatic carbocycles. The SMILES string of the molecule is NC(=O)CN(CC(=O)O)Cc1csc(-c2ccsc2)n1. The third kappa shape index (κ3) is 4.12. The molecule has 0 atom stereocenters. The fraction of sp³-hybridized carbons (Fsp3) is 0.250.